The zero-order valence-corrected chi connectivity index (χ0v) is 20.4. The average Bonchev–Trinajstić information content (AvgIpc) is 3.27. The van der Waals surface area contributed by atoms with E-state index in [0.717, 1.165) is 11.3 Å². The van der Waals surface area contributed by atoms with Crippen molar-refractivity contribution in [3.05, 3.63) is 70.2 Å². The smallest absolute Gasteiger partial charge is 0.322 e. The summed E-state index contributed by atoms with van der Waals surface area (Å²) in [5.41, 5.74) is 0.514. The van der Waals surface area contributed by atoms with Crippen molar-refractivity contribution in [3.8, 4) is 0 Å². The van der Waals surface area contributed by atoms with Crippen LogP contribution in [0.1, 0.15) is 48.7 Å². The van der Waals surface area contributed by atoms with Crippen molar-refractivity contribution in [3.63, 3.8) is 0 Å². The highest BCUT2D eigenvalue weighted by Gasteiger charge is 2.26. The fraction of sp³-hybridized carbons (Fsp3) is 0.348. The van der Waals surface area contributed by atoms with Crippen LogP contribution in [-0.4, -0.2) is 36.0 Å². The van der Waals surface area contributed by atoms with Crippen LogP contribution in [0, 0.1) is 0 Å². The van der Waals surface area contributed by atoms with Crippen LogP contribution in [0.25, 0.3) is 0 Å². The Morgan fingerprint density at radius 1 is 1.15 bits per heavy atom. The standard InChI is InChI=1S/C23H28N4O4S2/c1-4-23(2,3)19-12-11-16(32-19)14-18(27-33(30,31)21-10-5-6-13-24-21)17-8-7-9-20(26-17)25-15-22(28)29/h5-13,18,27H,4,14-15H2,1-3H3,(H,25,26)(H,28,29). The SMILES string of the molecule is CCC(C)(C)c1ccc(CC(NS(=O)(=O)c2ccccn2)c2cccc(NCC(=O)O)n2)s1. The molecule has 3 rings (SSSR count). The maximum atomic E-state index is 13.0. The van der Waals surface area contributed by atoms with Crippen LogP contribution in [-0.2, 0) is 26.7 Å². The molecule has 3 aromatic heterocycles. The second-order valence-electron chi connectivity index (χ2n) is 8.24. The lowest BCUT2D eigenvalue weighted by molar-refractivity contribution is -0.134. The molecular formula is C23H28N4O4S2. The van der Waals surface area contributed by atoms with Crippen molar-refractivity contribution in [1.29, 1.82) is 0 Å². The van der Waals surface area contributed by atoms with Gasteiger partial charge in [-0.1, -0.05) is 32.9 Å². The minimum atomic E-state index is -3.90. The van der Waals surface area contributed by atoms with E-state index >= 15 is 0 Å². The van der Waals surface area contributed by atoms with E-state index in [-0.39, 0.29) is 17.0 Å². The molecule has 0 aromatic carbocycles. The maximum Gasteiger partial charge on any atom is 0.322 e. The van der Waals surface area contributed by atoms with Gasteiger partial charge >= 0.3 is 5.97 Å². The van der Waals surface area contributed by atoms with Gasteiger partial charge in [0.1, 0.15) is 12.4 Å². The minimum Gasteiger partial charge on any atom is -0.480 e. The molecule has 8 nitrogen and oxygen atoms in total. The van der Waals surface area contributed by atoms with Gasteiger partial charge in [0.05, 0.1) is 11.7 Å². The highest BCUT2D eigenvalue weighted by molar-refractivity contribution is 7.89. The van der Waals surface area contributed by atoms with E-state index in [4.69, 9.17) is 5.11 Å². The van der Waals surface area contributed by atoms with Gasteiger partial charge in [-0.05, 0) is 48.2 Å². The monoisotopic (exact) mass is 488 g/mol. The first-order chi connectivity index (χ1) is 15.6. The Balaban J connectivity index is 1.93. The Morgan fingerprint density at radius 2 is 1.94 bits per heavy atom. The topological polar surface area (TPSA) is 121 Å². The van der Waals surface area contributed by atoms with Gasteiger partial charge in [0.2, 0.25) is 0 Å². The zero-order valence-electron chi connectivity index (χ0n) is 18.8. The normalized spacial score (nSPS) is 12.9. The second kappa shape index (κ2) is 10.4. The number of sulfonamides is 1. The number of nitrogens with one attached hydrogen (secondary N) is 2. The first kappa shape index (κ1) is 24.8. The molecule has 0 aliphatic heterocycles. The summed E-state index contributed by atoms with van der Waals surface area (Å²) >= 11 is 1.66. The molecule has 0 aliphatic carbocycles. The number of aromatic nitrogens is 2. The Bertz CT molecular complexity index is 1190. The van der Waals surface area contributed by atoms with E-state index in [0.29, 0.717) is 17.9 Å². The number of anilines is 1. The fourth-order valence-electron chi connectivity index (χ4n) is 3.10. The van der Waals surface area contributed by atoms with Gasteiger partial charge in [-0.2, -0.15) is 0 Å². The minimum absolute atomic E-state index is 0.0325. The summed E-state index contributed by atoms with van der Waals surface area (Å²) in [6, 6.07) is 13.2. The van der Waals surface area contributed by atoms with E-state index in [2.05, 4.69) is 46.8 Å². The molecule has 176 valence electrons. The summed E-state index contributed by atoms with van der Waals surface area (Å²) < 4.78 is 28.8. The molecule has 10 heteroatoms. The van der Waals surface area contributed by atoms with Crippen LogP contribution in [0.15, 0.2) is 59.8 Å². The van der Waals surface area contributed by atoms with Gasteiger partial charge in [-0.25, -0.2) is 23.1 Å². The summed E-state index contributed by atoms with van der Waals surface area (Å²) in [7, 11) is -3.90. The van der Waals surface area contributed by atoms with Crippen molar-refractivity contribution in [1.82, 2.24) is 14.7 Å². The van der Waals surface area contributed by atoms with Crippen molar-refractivity contribution < 1.29 is 18.3 Å². The van der Waals surface area contributed by atoms with E-state index in [1.54, 1.807) is 41.7 Å². The van der Waals surface area contributed by atoms with Gasteiger partial charge in [-0.15, -0.1) is 11.3 Å². The summed E-state index contributed by atoms with van der Waals surface area (Å²) in [6.45, 7) is 6.22. The van der Waals surface area contributed by atoms with E-state index in [9.17, 15) is 13.2 Å². The summed E-state index contributed by atoms with van der Waals surface area (Å²) in [4.78, 5) is 21.6. The van der Waals surface area contributed by atoms with Gasteiger partial charge in [0, 0.05) is 22.4 Å². The highest BCUT2D eigenvalue weighted by atomic mass is 32.2. The molecule has 1 atom stereocenters. The number of carboxylic acid groups (broad SMARTS) is 1. The number of thiophene rings is 1. The van der Waals surface area contributed by atoms with E-state index < -0.39 is 22.0 Å². The Kier molecular flexibility index (Phi) is 7.83. The van der Waals surface area contributed by atoms with Crippen molar-refractivity contribution in [2.24, 2.45) is 0 Å². The van der Waals surface area contributed by atoms with Gasteiger partial charge in [0.25, 0.3) is 10.0 Å². The quantitative estimate of drug-likeness (QED) is 0.373. The molecule has 0 saturated heterocycles. The molecule has 0 saturated carbocycles. The van der Waals surface area contributed by atoms with Crippen LogP contribution >= 0.6 is 11.3 Å². The van der Waals surface area contributed by atoms with Crippen LogP contribution in [0.5, 0.6) is 0 Å². The third-order valence-corrected chi connectivity index (χ3v) is 8.24. The lowest BCUT2D eigenvalue weighted by Crippen LogP contribution is -2.31. The van der Waals surface area contributed by atoms with E-state index in [1.165, 1.54) is 17.1 Å². The van der Waals surface area contributed by atoms with Crippen LogP contribution in [0.4, 0.5) is 5.82 Å². The molecule has 33 heavy (non-hydrogen) atoms. The molecule has 3 heterocycles. The molecule has 3 N–H and O–H groups in total. The number of hydrogen-bond donors (Lipinski definition) is 3. The Labute approximate surface area is 198 Å². The molecule has 0 spiro atoms. The third-order valence-electron chi connectivity index (χ3n) is 5.38. The van der Waals surface area contributed by atoms with Crippen LogP contribution in [0.2, 0.25) is 0 Å². The molecule has 0 radical (unpaired) electrons. The lowest BCUT2D eigenvalue weighted by atomic mass is 9.89. The molecule has 0 bridgehead atoms. The number of nitrogens with zero attached hydrogens (tertiary/aromatic N) is 2. The van der Waals surface area contributed by atoms with Crippen molar-refractivity contribution >= 4 is 33.1 Å². The summed E-state index contributed by atoms with van der Waals surface area (Å²) in [6.07, 6.45) is 2.81. The lowest BCUT2D eigenvalue weighted by Gasteiger charge is -2.21. The Morgan fingerprint density at radius 3 is 2.61 bits per heavy atom. The van der Waals surface area contributed by atoms with Crippen LogP contribution < -0.4 is 10.0 Å². The first-order valence-electron chi connectivity index (χ1n) is 10.6. The fourth-order valence-corrected chi connectivity index (χ4v) is 5.48. The van der Waals surface area contributed by atoms with Crippen molar-refractivity contribution in [2.75, 3.05) is 11.9 Å². The predicted octanol–water partition coefficient (Wildman–Crippen LogP) is 3.98. The highest BCUT2D eigenvalue weighted by Crippen LogP contribution is 2.34. The number of hydrogen-bond acceptors (Lipinski definition) is 7. The maximum absolute atomic E-state index is 13.0. The van der Waals surface area contributed by atoms with Crippen molar-refractivity contribution in [2.45, 2.75) is 50.1 Å². The molecular weight excluding hydrogens is 460 g/mol. The number of rotatable bonds is 11. The Hall–Kier alpha value is -2.82. The summed E-state index contributed by atoms with van der Waals surface area (Å²) in [5.74, 6) is -0.657. The second-order valence-corrected chi connectivity index (χ2v) is 11.1. The third kappa shape index (κ3) is 6.59. The average molecular weight is 489 g/mol. The van der Waals surface area contributed by atoms with Gasteiger partial charge < -0.3 is 10.4 Å². The van der Waals surface area contributed by atoms with Gasteiger partial charge in [-0.3, -0.25) is 4.79 Å². The van der Waals surface area contributed by atoms with E-state index in [1.807, 2.05) is 6.07 Å². The molecule has 0 fully saturated rings. The number of aliphatic carboxylic acids is 1. The first-order valence-corrected chi connectivity index (χ1v) is 12.9. The molecule has 1 unspecified atom stereocenters. The van der Waals surface area contributed by atoms with Gasteiger partial charge in [0.15, 0.2) is 5.03 Å². The zero-order chi connectivity index (χ0) is 24.1. The molecule has 0 aliphatic rings. The molecule has 3 aromatic rings. The molecule has 0 amide bonds. The number of carbonyl (C=O) groups is 1. The summed E-state index contributed by atoms with van der Waals surface area (Å²) in [5, 5.41) is 11.6. The largest absolute Gasteiger partial charge is 0.480 e. The predicted molar refractivity (Wildman–Crippen MR) is 129 cm³/mol. The number of pyridine rings is 2. The number of carboxylic acids is 1. The van der Waals surface area contributed by atoms with Crippen LogP contribution in [0.3, 0.4) is 0 Å².